The molecule has 0 spiro atoms. The van der Waals surface area contributed by atoms with Crippen LogP contribution in [0.2, 0.25) is 0 Å². The average Bonchev–Trinajstić information content (AvgIpc) is 3.15. The van der Waals surface area contributed by atoms with Gasteiger partial charge in [0.25, 0.3) is 0 Å². The van der Waals surface area contributed by atoms with E-state index >= 15 is 0 Å². The Morgan fingerprint density at radius 1 is 1.28 bits per heavy atom. The molecule has 3 aliphatic rings. The van der Waals surface area contributed by atoms with Crippen LogP contribution in [-0.2, 0) is 33.3 Å². The fourth-order valence-corrected chi connectivity index (χ4v) is 3.83. The van der Waals surface area contributed by atoms with Crippen molar-refractivity contribution in [3.63, 3.8) is 0 Å². The summed E-state index contributed by atoms with van der Waals surface area (Å²) in [5.41, 5.74) is 1.03. The Hall–Kier alpha value is -2.41. The monoisotopic (exact) mass is 404 g/mol. The van der Waals surface area contributed by atoms with Gasteiger partial charge in [-0.2, -0.15) is 0 Å². The van der Waals surface area contributed by atoms with E-state index in [2.05, 4.69) is 6.58 Å². The largest absolute Gasteiger partial charge is 0.459 e. The summed E-state index contributed by atoms with van der Waals surface area (Å²) in [6.07, 6.45) is 2.69. The van der Waals surface area contributed by atoms with Crippen LogP contribution in [0.1, 0.15) is 47.5 Å². The smallest absolute Gasteiger partial charge is 0.341 e. The fourth-order valence-electron chi connectivity index (χ4n) is 3.83. The Kier molecular flexibility index (Phi) is 5.72. The highest BCUT2D eigenvalue weighted by atomic mass is 16.7. The van der Waals surface area contributed by atoms with E-state index in [1.54, 1.807) is 13.0 Å². The van der Waals surface area contributed by atoms with Gasteiger partial charge < -0.3 is 18.9 Å². The molecule has 158 valence electrons. The average molecular weight is 404 g/mol. The van der Waals surface area contributed by atoms with Crippen LogP contribution in [0.4, 0.5) is 0 Å². The molecule has 6 atom stereocenters. The zero-order valence-electron chi connectivity index (χ0n) is 17.5. The quantitative estimate of drug-likeness (QED) is 0.235. The molecule has 0 aromatic carbocycles. The van der Waals surface area contributed by atoms with Gasteiger partial charge in [0, 0.05) is 25.3 Å². The first-order valence-corrected chi connectivity index (χ1v) is 9.82. The van der Waals surface area contributed by atoms with E-state index in [4.69, 9.17) is 18.9 Å². The van der Waals surface area contributed by atoms with Crippen LogP contribution in [0.15, 0.2) is 35.5 Å². The number of rotatable bonds is 3. The van der Waals surface area contributed by atoms with Crippen LogP contribution >= 0.6 is 0 Å². The summed E-state index contributed by atoms with van der Waals surface area (Å²) < 4.78 is 22.2. The molecule has 0 bridgehead atoms. The van der Waals surface area contributed by atoms with E-state index in [9.17, 15) is 14.4 Å². The number of esters is 3. The van der Waals surface area contributed by atoms with Crippen LogP contribution < -0.4 is 0 Å². The van der Waals surface area contributed by atoms with Crippen molar-refractivity contribution in [1.82, 2.24) is 0 Å². The maximum absolute atomic E-state index is 12.7. The van der Waals surface area contributed by atoms with Gasteiger partial charge in [-0.1, -0.05) is 18.2 Å². The highest BCUT2D eigenvalue weighted by molar-refractivity contribution is 5.91. The van der Waals surface area contributed by atoms with Crippen molar-refractivity contribution in [1.29, 1.82) is 0 Å². The summed E-state index contributed by atoms with van der Waals surface area (Å²) in [4.78, 5) is 36.4. The lowest BCUT2D eigenvalue weighted by Gasteiger charge is -2.29. The highest BCUT2D eigenvalue weighted by Gasteiger charge is 2.58. The van der Waals surface area contributed by atoms with Gasteiger partial charge in [0.05, 0.1) is 12.0 Å². The normalized spacial score (nSPS) is 40.5. The number of carbonyl (C=O) groups excluding carboxylic acids is 3. The van der Waals surface area contributed by atoms with Gasteiger partial charge in [-0.25, -0.2) is 9.59 Å². The molecule has 0 unspecified atom stereocenters. The van der Waals surface area contributed by atoms with E-state index in [-0.39, 0.29) is 17.6 Å². The summed E-state index contributed by atoms with van der Waals surface area (Å²) in [5.74, 6) is -1.88. The predicted molar refractivity (Wildman–Crippen MR) is 104 cm³/mol. The lowest BCUT2D eigenvalue weighted by molar-refractivity contribution is -0.158. The minimum atomic E-state index is -0.959. The molecule has 7 heteroatoms. The fraction of sp³-hybridized carbons (Fsp3) is 0.591. The van der Waals surface area contributed by atoms with Gasteiger partial charge >= 0.3 is 17.9 Å². The predicted octanol–water partition coefficient (Wildman–Crippen LogP) is 2.79. The Labute approximate surface area is 170 Å². The third kappa shape index (κ3) is 4.29. The molecule has 0 aromatic rings. The van der Waals surface area contributed by atoms with Gasteiger partial charge in [-0.3, -0.25) is 4.79 Å². The van der Waals surface area contributed by atoms with Crippen molar-refractivity contribution in [3.8, 4) is 0 Å². The molecule has 0 aromatic heterocycles. The Morgan fingerprint density at radius 3 is 2.52 bits per heavy atom. The maximum Gasteiger partial charge on any atom is 0.341 e. The molecular weight excluding hydrogens is 376 g/mol. The van der Waals surface area contributed by atoms with Crippen molar-refractivity contribution in [3.05, 3.63) is 35.5 Å². The van der Waals surface area contributed by atoms with Crippen LogP contribution in [0.25, 0.3) is 0 Å². The molecule has 2 aliphatic heterocycles. The van der Waals surface area contributed by atoms with Crippen molar-refractivity contribution >= 4 is 17.9 Å². The SMILES string of the molecule is C=C1C(=O)O[C@H]2/C=C(\C)[C@H](OC(C)=O)C/C=C(/C)C[C@@H](OC(=O)[C@@]3(C)O[C@H]3C)[C@@H]12. The second-order valence-electron chi connectivity index (χ2n) is 8.23. The number of carbonyl (C=O) groups is 3. The second-order valence-corrected chi connectivity index (χ2v) is 8.23. The number of fused-ring (bicyclic) bond motifs is 1. The third-order valence-electron chi connectivity index (χ3n) is 5.91. The van der Waals surface area contributed by atoms with Gasteiger partial charge in [0.2, 0.25) is 0 Å². The summed E-state index contributed by atoms with van der Waals surface area (Å²) in [5, 5.41) is 0. The molecule has 0 N–H and O–H groups in total. The minimum Gasteiger partial charge on any atom is -0.459 e. The highest BCUT2D eigenvalue weighted by Crippen LogP contribution is 2.40. The van der Waals surface area contributed by atoms with Crippen molar-refractivity contribution in [2.24, 2.45) is 5.92 Å². The first-order chi connectivity index (χ1) is 13.5. The Morgan fingerprint density at radius 2 is 1.93 bits per heavy atom. The van der Waals surface area contributed by atoms with Crippen LogP contribution in [-0.4, -0.2) is 47.9 Å². The van der Waals surface area contributed by atoms with Gasteiger partial charge in [0.15, 0.2) is 5.60 Å². The Balaban J connectivity index is 1.93. The van der Waals surface area contributed by atoms with Crippen LogP contribution in [0.3, 0.4) is 0 Å². The molecule has 0 radical (unpaired) electrons. The zero-order valence-corrected chi connectivity index (χ0v) is 17.5. The molecule has 0 amide bonds. The lowest BCUT2D eigenvalue weighted by atomic mass is 9.85. The van der Waals surface area contributed by atoms with Gasteiger partial charge in [0.1, 0.15) is 18.3 Å². The zero-order chi connectivity index (χ0) is 21.5. The van der Waals surface area contributed by atoms with E-state index in [0.29, 0.717) is 12.8 Å². The molecule has 1 aliphatic carbocycles. The molecular formula is C22H28O7. The van der Waals surface area contributed by atoms with Crippen molar-refractivity contribution in [2.75, 3.05) is 0 Å². The van der Waals surface area contributed by atoms with E-state index in [1.807, 2.05) is 26.8 Å². The summed E-state index contributed by atoms with van der Waals surface area (Å²) >= 11 is 0. The summed E-state index contributed by atoms with van der Waals surface area (Å²) in [6.45, 7) is 12.5. The van der Waals surface area contributed by atoms with Crippen molar-refractivity contribution in [2.45, 2.75) is 77.5 Å². The summed E-state index contributed by atoms with van der Waals surface area (Å²) in [6, 6.07) is 0. The number of hydrogen-bond donors (Lipinski definition) is 0. The molecule has 2 fully saturated rings. The lowest BCUT2D eigenvalue weighted by Crippen LogP contribution is -2.38. The molecule has 2 saturated heterocycles. The summed E-state index contributed by atoms with van der Waals surface area (Å²) in [7, 11) is 0. The number of hydrogen-bond acceptors (Lipinski definition) is 7. The van der Waals surface area contributed by atoms with Crippen LogP contribution in [0, 0.1) is 5.92 Å². The molecule has 3 rings (SSSR count). The third-order valence-corrected chi connectivity index (χ3v) is 5.91. The Bertz CT molecular complexity index is 808. The molecule has 2 heterocycles. The van der Waals surface area contributed by atoms with E-state index in [1.165, 1.54) is 6.92 Å². The maximum atomic E-state index is 12.7. The van der Waals surface area contributed by atoms with E-state index < -0.39 is 41.8 Å². The first kappa shape index (κ1) is 21.3. The number of epoxide rings is 1. The van der Waals surface area contributed by atoms with Crippen LogP contribution in [0.5, 0.6) is 0 Å². The second kappa shape index (κ2) is 7.78. The van der Waals surface area contributed by atoms with Crippen molar-refractivity contribution < 1.29 is 33.3 Å². The van der Waals surface area contributed by atoms with Gasteiger partial charge in [-0.15, -0.1) is 0 Å². The number of ether oxygens (including phenoxy) is 4. The minimum absolute atomic E-state index is 0.210. The molecule has 29 heavy (non-hydrogen) atoms. The standard InChI is InChI=1S/C22H28O7/c1-11-7-8-16(26-15(5)23)12(2)10-18-19(13(3)20(24)27-18)17(9-11)28-21(25)22(6)14(4)29-22/h7,10,14,16-19H,3,8-9H2,1-2,4-6H3/b11-7-,12-10+/t14-,16+,17+,18-,19+,22-/m0/s1. The molecule has 7 nitrogen and oxygen atoms in total. The first-order valence-electron chi connectivity index (χ1n) is 9.82. The van der Waals surface area contributed by atoms with E-state index in [0.717, 1.165) is 11.1 Å². The topological polar surface area (TPSA) is 91.4 Å². The molecule has 0 saturated carbocycles. The van der Waals surface area contributed by atoms with Gasteiger partial charge in [-0.05, 0) is 39.3 Å².